The number of carbonyl (C=O) groups is 4. The molecule has 4 N–H and O–H groups in total. The maximum absolute atomic E-state index is 12.8. The van der Waals surface area contributed by atoms with Crippen molar-refractivity contribution in [1.82, 2.24) is 0 Å². The normalized spacial score (nSPS) is 18.0. The van der Waals surface area contributed by atoms with Crippen molar-refractivity contribution >= 4 is 23.9 Å². The number of carboxylic acid groups (broad SMARTS) is 4. The first-order valence-corrected chi connectivity index (χ1v) is 13.3. The van der Waals surface area contributed by atoms with E-state index in [0.29, 0.717) is 30.8 Å². The number of ether oxygens (including phenoxy) is 4. The summed E-state index contributed by atoms with van der Waals surface area (Å²) in [7, 11) is 0. The summed E-state index contributed by atoms with van der Waals surface area (Å²) in [6.45, 7) is 4.88. The van der Waals surface area contributed by atoms with Gasteiger partial charge in [-0.3, -0.25) is 4.79 Å². The van der Waals surface area contributed by atoms with Gasteiger partial charge in [0, 0.05) is 0 Å². The van der Waals surface area contributed by atoms with Crippen LogP contribution in [0.25, 0.3) is 0 Å². The smallest absolute Gasteiger partial charge is 0.353 e. The molecule has 1 aliphatic carbocycles. The Balaban J connectivity index is 2.09. The first-order valence-electron chi connectivity index (χ1n) is 13.3. The second-order valence-corrected chi connectivity index (χ2v) is 9.33. The molecule has 42 heavy (non-hydrogen) atoms. The van der Waals surface area contributed by atoms with Gasteiger partial charge in [-0.15, -0.1) is 0 Å². The molecule has 0 fully saturated rings. The Morgan fingerprint density at radius 1 is 0.714 bits per heavy atom. The summed E-state index contributed by atoms with van der Waals surface area (Å²) >= 11 is 0. The lowest BCUT2D eigenvalue weighted by Gasteiger charge is -2.37. The highest BCUT2D eigenvalue weighted by Crippen LogP contribution is 2.42. The first kappa shape index (κ1) is 31.5. The molecule has 0 aromatic heterocycles. The van der Waals surface area contributed by atoms with E-state index in [1.807, 2.05) is 13.8 Å². The molecule has 0 spiro atoms. The van der Waals surface area contributed by atoms with Crippen molar-refractivity contribution in [3.05, 3.63) is 71.5 Å². The zero-order valence-corrected chi connectivity index (χ0v) is 23.1. The SMILES string of the molecule is CCCCOc1ccc(OC2=C(C(=O)O)C(C(=O)O)=CC(Oc3ccc(OCCCC)cc3)(C(=O)O)C2C(=O)O)cc1. The maximum atomic E-state index is 12.8. The van der Waals surface area contributed by atoms with Crippen molar-refractivity contribution in [1.29, 1.82) is 0 Å². The van der Waals surface area contributed by atoms with E-state index in [2.05, 4.69) is 0 Å². The van der Waals surface area contributed by atoms with Gasteiger partial charge < -0.3 is 39.4 Å². The number of benzene rings is 2. The standard InChI is InChI=1S/C30H32O12/c1-3-5-15-39-18-7-11-20(12-8-18)41-25-23(27(33)34)22(26(31)32)17-30(29(37)38,24(25)28(35)36)42-21-13-9-19(10-14-21)40-16-6-4-2/h7-14,17,24H,3-6,15-16H2,1-2H3,(H,31,32)(H,33,34)(H,35,36)(H,37,38). The molecule has 0 heterocycles. The first-order chi connectivity index (χ1) is 20.0. The van der Waals surface area contributed by atoms with Gasteiger partial charge in [0.15, 0.2) is 5.92 Å². The molecule has 0 aliphatic heterocycles. The van der Waals surface area contributed by atoms with E-state index in [9.17, 15) is 39.6 Å². The molecule has 3 rings (SSSR count). The molecule has 2 aromatic carbocycles. The topological polar surface area (TPSA) is 186 Å². The van der Waals surface area contributed by atoms with Crippen molar-refractivity contribution in [2.24, 2.45) is 5.92 Å². The van der Waals surface area contributed by atoms with E-state index in [-0.39, 0.29) is 11.5 Å². The Labute approximate surface area is 241 Å². The van der Waals surface area contributed by atoms with E-state index in [1.54, 1.807) is 0 Å². The van der Waals surface area contributed by atoms with Crippen LogP contribution >= 0.6 is 0 Å². The van der Waals surface area contributed by atoms with Gasteiger partial charge in [0.1, 0.15) is 34.3 Å². The Hall–Kier alpha value is -5.00. The van der Waals surface area contributed by atoms with Gasteiger partial charge in [-0.1, -0.05) is 26.7 Å². The van der Waals surface area contributed by atoms with Crippen molar-refractivity contribution < 1.29 is 58.6 Å². The average Bonchev–Trinajstić information content (AvgIpc) is 2.94. The molecule has 2 unspecified atom stereocenters. The number of hydrogen-bond acceptors (Lipinski definition) is 8. The summed E-state index contributed by atoms with van der Waals surface area (Å²) in [5.41, 5.74) is -4.96. The van der Waals surface area contributed by atoms with Crippen LogP contribution in [0.1, 0.15) is 39.5 Å². The fraction of sp³-hybridized carbons (Fsp3) is 0.333. The van der Waals surface area contributed by atoms with Gasteiger partial charge >= 0.3 is 23.9 Å². The fourth-order valence-corrected chi connectivity index (χ4v) is 4.15. The molecule has 1 aliphatic rings. The molecular weight excluding hydrogens is 552 g/mol. The van der Waals surface area contributed by atoms with Crippen LogP contribution in [0.5, 0.6) is 23.0 Å². The monoisotopic (exact) mass is 584 g/mol. The molecule has 0 radical (unpaired) electrons. The Bertz CT molecular complexity index is 1360. The summed E-state index contributed by atoms with van der Waals surface area (Å²) in [5, 5.41) is 40.4. The van der Waals surface area contributed by atoms with Gasteiger partial charge in [0.25, 0.3) is 0 Å². The minimum absolute atomic E-state index is 0.0858. The Kier molecular flexibility index (Phi) is 10.6. The number of rotatable bonds is 16. The van der Waals surface area contributed by atoms with Crippen molar-refractivity contribution in [3.8, 4) is 23.0 Å². The molecule has 2 aromatic rings. The van der Waals surface area contributed by atoms with E-state index in [0.717, 1.165) is 25.7 Å². The van der Waals surface area contributed by atoms with Gasteiger partial charge in [-0.05, 0) is 67.4 Å². The third-order valence-electron chi connectivity index (χ3n) is 6.29. The highest BCUT2D eigenvalue weighted by Gasteiger charge is 2.59. The van der Waals surface area contributed by atoms with Crippen LogP contribution < -0.4 is 18.9 Å². The van der Waals surface area contributed by atoms with Crippen LogP contribution in [0.3, 0.4) is 0 Å². The molecule has 0 saturated carbocycles. The van der Waals surface area contributed by atoms with Crippen LogP contribution in [-0.4, -0.2) is 63.1 Å². The summed E-state index contributed by atoms with van der Waals surface area (Å²) in [4.78, 5) is 49.9. The lowest BCUT2D eigenvalue weighted by molar-refractivity contribution is -0.165. The average molecular weight is 585 g/mol. The quantitative estimate of drug-likeness (QED) is 0.204. The zero-order valence-electron chi connectivity index (χ0n) is 23.1. The molecule has 2 atom stereocenters. The number of hydrogen-bond donors (Lipinski definition) is 4. The number of carboxylic acids is 4. The predicted octanol–water partition coefficient (Wildman–Crippen LogP) is 4.39. The highest BCUT2D eigenvalue weighted by molar-refractivity contribution is 6.09. The van der Waals surface area contributed by atoms with Gasteiger partial charge in [-0.2, -0.15) is 0 Å². The summed E-state index contributed by atoms with van der Waals surface area (Å²) < 4.78 is 22.5. The third kappa shape index (κ3) is 7.19. The van der Waals surface area contributed by atoms with Gasteiger partial charge in [0.05, 0.1) is 18.8 Å². The molecule has 0 amide bonds. The largest absolute Gasteiger partial charge is 0.494 e. The fourth-order valence-electron chi connectivity index (χ4n) is 4.15. The lowest BCUT2D eigenvalue weighted by Crippen LogP contribution is -2.56. The second-order valence-electron chi connectivity index (χ2n) is 9.33. The summed E-state index contributed by atoms with van der Waals surface area (Å²) in [5.74, 6) is -9.95. The van der Waals surface area contributed by atoms with Crippen LogP contribution in [0.15, 0.2) is 71.5 Å². The maximum Gasteiger partial charge on any atom is 0.353 e. The molecule has 0 bridgehead atoms. The summed E-state index contributed by atoms with van der Waals surface area (Å²) in [6, 6.07) is 11.3. The highest BCUT2D eigenvalue weighted by atomic mass is 16.5. The van der Waals surface area contributed by atoms with E-state index >= 15 is 0 Å². The minimum atomic E-state index is -2.92. The molecule has 12 heteroatoms. The predicted molar refractivity (Wildman–Crippen MR) is 147 cm³/mol. The van der Waals surface area contributed by atoms with Crippen molar-refractivity contribution in [3.63, 3.8) is 0 Å². The van der Waals surface area contributed by atoms with Crippen LogP contribution in [0.4, 0.5) is 0 Å². The number of unbranched alkanes of at least 4 members (excludes halogenated alkanes) is 2. The lowest BCUT2D eigenvalue weighted by atomic mass is 9.76. The number of aliphatic carboxylic acids is 4. The van der Waals surface area contributed by atoms with E-state index in [1.165, 1.54) is 48.5 Å². The Morgan fingerprint density at radius 2 is 1.19 bits per heavy atom. The second kappa shape index (κ2) is 14.1. The van der Waals surface area contributed by atoms with Crippen molar-refractivity contribution in [2.45, 2.75) is 45.1 Å². The van der Waals surface area contributed by atoms with Gasteiger partial charge in [-0.25, -0.2) is 14.4 Å². The van der Waals surface area contributed by atoms with Gasteiger partial charge in [0.2, 0.25) is 5.60 Å². The van der Waals surface area contributed by atoms with Crippen molar-refractivity contribution in [2.75, 3.05) is 13.2 Å². The summed E-state index contributed by atoms with van der Waals surface area (Å²) in [6.07, 6.45) is 3.91. The molecule has 12 nitrogen and oxygen atoms in total. The minimum Gasteiger partial charge on any atom is -0.494 e. The van der Waals surface area contributed by atoms with Crippen LogP contribution in [0.2, 0.25) is 0 Å². The Morgan fingerprint density at radius 3 is 1.60 bits per heavy atom. The van der Waals surface area contributed by atoms with E-state index in [4.69, 9.17) is 18.9 Å². The van der Waals surface area contributed by atoms with Crippen LogP contribution in [-0.2, 0) is 19.2 Å². The van der Waals surface area contributed by atoms with Crippen LogP contribution in [0, 0.1) is 5.92 Å². The zero-order chi connectivity index (χ0) is 30.9. The molecule has 0 saturated heterocycles. The molecular formula is C30H32O12. The third-order valence-corrected chi connectivity index (χ3v) is 6.29. The molecule has 224 valence electrons. The van der Waals surface area contributed by atoms with E-state index < -0.39 is 52.3 Å².